The lowest BCUT2D eigenvalue weighted by Crippen LogP contribution is -2.44. The third kappa shape index (κ3) is 3.90. The fourth-order valence-electron chi connectivity index (χ4n) is 2.30. The number of anilines is 1. The van der Waals surface area contributed by atoms with E-state index in [4.69, 9.17) is 12.2 Å². The van der Waals surface area contributed by atoms with Crippen molar-refractivity contribution in [2.75, 3.05) is 5.32 Å². The third-order valence-corrected chi connectivity index (χ3v) is 4.42. The maximum absolute atomic E-state index is 12.0. The summed E-state index contributed by atoms with van der Waals surface area (Å²) in [6.45, 7) is 2.08. The molecule has 2 aromatic heterocycles. The minimum Gasteiger partial charge on any atom is -0.331 e. The average Bonchev–Trinajstić information content (AvgIpc) is 3.15. The lowest BCUT2D eigenvalue weighted by Gasteiger charge is -2.13. The van der Waals surface area contributed by atoms with Gasteiger partial charge in [-0.2, -0.15) is 0 Å². The van der Waals surface area contributed by atoms with E-state index in [1.165, 1.54) is 11.3 Å². The van der Waals surface area contributed by atoms with E-state index in [-0.39, 0.29) is 12.3 Å². The molecule has 6 nitrogen and oxygen atoms in total. The Balaban J connectivity index is 1.50. The molecule has 24 heavy (non-hydrogen) atoms. The SMILES string of the molecule is CCc1ccccc1NC(=S)NNC(=O)Cc1cn2ccsc2n1. The number of nitrogens with one attached hydrogen (secondary N) is 3. The molecule has 0 saturated heterocycles. The number of amides is 1. The van der Waals surface area contributed by atoms with Gasteiger partial charge in [0.05, 0.1) is 12.1 Å². The van der Waals surface area contributed by atoms with E-state index in [2.05, 4.69) is 28.1 Å². The van der Waals surface area contributed by atoms with Crippen LogP contribution in [-0.2, 0) is 17.6 Å². The maximum Gasteiger partial charge on any atom is 0.244 e. The maximum atomic E-state index is 12.0. The minimum absolute atomic E-state index is 0.190. The van der Waals surface area contributed by atoms with Crippen molar-refractivity contribution < 1.29 is 4.79 Å². The summed E-state index contributed by atoms with van der Waals surface area (Å²) in [7, 11) is 0. The number of carbonyl (C=O) groups is 1. The van der Waals surface area contributed by atoms with E-state index in [0.717, 1.165) is 28.3 Å². The Morgan fingerprint density at radius 2 is 2.17 bits per heavy atom. The highest BCUT2D eigenvalue weighted by molar-refractivity contribution is 7.80. The van der Waals surface area contributed by atoms with Crippen molar-refractivity contribution in [1.82, 2.24) is 20.2 Å². The van der Waals surface area contributed by atoms with Crippen molar-refractivity contribution in [2.24, 2.45) is 0 Å². The van der Waals surface area contributed by atoms with Gasteiger partial charge >= 0.3 is 0 Å². The summed E-state index contributed by atoms with van der Waals surface area (Å²) in [4.78, 5) is 17.2. The molecular formula is C16H17N5OS2. The number of aryl methyl sites for hydroxylation is 1. The zero-order valence-corrected chi connectivity index (χ0v) is 14.7. The van der Waals surface area contributed by atoms with Gasteiger partial charge in [0.1, 0.15) is 0 Å². The number of hydrazine groups is 1. The monoisotopic (exact) mass is 359 g/mol. The van der Waals surface area contributed by atoms with Gasteiger partial charge in [-0.15, -0.1) is 11.3 Å². The Morgan fingerprint density at radius 3 is 2.96 bits per heavy atom. The number of hydrogen-bond donors (Lipinski definition) is 3. The van der Waals surface area contributed by atoms with Crippen LogP contribution >= 0.6 is 23.6 Å². The minimum atomic E-state index is -0.200. The summed E-state index contributed by atoms with van der Waals surface area (Å²) in [6.07, 6.45) is 4.85. The number of carbonyl (C=O) groups excluding carboxylic acids is 1. The number of rotatable bonds is 4. The van der Waals surface area contributed by atoms with Gasteiger partial charge < -0.3 is 5.32 Å². The molecule has 3 N–H and O–H groups in total. The molecule has 0 aliphatic heterocycles. The van der Waals surface area contributed by atoms with E-state index in [1.54, 1.807) is 0 Å². The molecule has 0 atom stereocenters. The van der Waals surface area contributed by atoms with Gasteiger partial charge in [-0.25, -0.2) is 4.98 Å². The lowest BCUT2D eigenvalue weighted by molar-refractivity contribution is -0.121. The number of fused-ring (bicyclic) bond motifs is 1. The first-order chi connectivity index (χ1) is 11.7. The topological polar surface area (TPSA) is 70.5 Å². The van der Waals surface area contributed by atoms with Gasteiger partial charge in [-0.05, 0) is 30.3 Å². The summed E-state index contributed by atoms with van der Waals surface area (Å²) in [6, 6.07) is 7.91. The van der Waals surface area contributed by atoms with E-state index >= 15 is 0 Å². The Bertz CT molecular complexity index is 842. The van der Waals surface area contributed by atoms with Crippen molar-refractivity contribution in [3.63, 3.8) is 0 Å². The number of thiazole rings is 1. The van der Waals surface area contributed by atoms with Crippen molar-refractivity contribution >= 4 is 45.2 Å². The molecule has 8 heteroatoms. The van der Waals surface area contributed by atoms with Crippen molar-refractivity contribution in [3.8, 4) is 0 Å². The summed E-state index contributed by atoms with van der Waals surface area (Å²) < 4.78 is 1.90. The number of nitrogens with zero attached hydrogens (tertiary/aromatic N) is 2. The second-order valence-corrected chi connectivity index (χ2v) is 6.42. The molecule has 0 fully saturated rings. The van der Waals surface area contributed by atoms with E-state index in [9.17, 15) is 4.79 Å². The van der Waals surface area contributed by atoms with Crippen molar-refractivity contribution in [2.45, 2.75) is 19.8 Å². The van der Waals surface area contributed by atoms with Gasteiger partial charge in [-0.3, -0.25) is 20.0 Å². The van der Waals surface area contributed by atoms with E-state index in [0.29, 0.717) is 5.11 Å². The summed E-state index contributed by atoms with van der Waals surface area (Å²) in [5, 5.41) is 5.38. The van der Waals surface area contributed by atoms with Gasteiger partial charge in [0.2, 0.25) is 5.91 Å². The Kier molecular flexibility index (Phi) is 5.07. The first kappa shape index (κ1) is 16.4. The summed E-state index contributed by atoms with van der Waals surface area (Å²) in [5.41, 5.74) is 8.11. The molecule has 0 spiro atoms. The number of thiocarbonyl (C=S) groups is 1. The number of benzene rings is 1. The van der Waals surface area contributed by atoms with Crippen molar-refractivity contribution in [3.05, 3.63) is 53.3 Å². The van der Waals surface area contributed by atoms with Gasteiger partial charge in [0.25, 0.3) is 0 Å². The van der Waals surface area contributed by atoms with Crippen LogP contribution in [0.5, 0.6) is 0 Å². The fourth-order valence-corrected chi connectivity index (χ4v) is 3.18. The van der Waals surface area contributed by atoms with Crippen LogP contribution in [-0.4, -0.2) is 20.4 Å². The average molecular weight is 359 g/mol. The van der Waals surface area contributed by atoms with E-state index in [1.807, 2.05) is 46.4 Å². The first-order valence-electron chi connectivity index (χ1n) is 7.50. The number of para-hydroxylation sites is 1. The Morgan fingerprint density at radius 1 is 1.33 bits per heavy atom. The highest BCUT2D eigenvalue weighted by atomic mass is 32.1. The summed E-state index contributed by atoms with van der Waals surface area (Å²) >= 11 is 6.74. The molecule has 0 unspecified atom stereocenters. The quantitative estimate of drug-likeness (QED) is 0.493. The van der Waals surface area contributed by atoms with Crippen LogP contribution in [0, 0.1) is 0 Å². The third-order valence-electron chi connectivity index (χ3n) is 3.45. The Labute approximate surface area is 148 Å². The summed E-state index contributed by atoms with van der Waals surface area (Å²) in [5.74, 6) is -0.200. The zero-order valence-electron chi connectivity index (χ0n) is 13.1. The van der Waals surface area contributed by atoms with Crippen LogP contribution in [0.4, 0.5) is 5.69 Å². The van der Waals surface area contributed by atoms with Crippen LogP contribution in [0.25, 0.3) is 4.96 Å². The zero-order chi connectivity index (χ0) is 16.9. The molecule has 0 aliphatic rings. The molecule has 0 bridgehead atoms. The fraction of sp³-hybridized carbons (Fsp3) is 0.188. The molecule has 0 aliphatic carbocycles. The molecule has 3 rings (SSSR count). The van der Waals surface area contributed by atoms with Gasteiger partial charge in [0, 0.05) is 23.5 Å². The molecule has 124 valence electrons. The van der Waals surface area contributed by atoms with Crippen molar-refractivity contribution in [1.29, 1.82) is 0 Å². The molecule has 2 heterocycles. The predicted molar refractivity (Wildman–Crippen MR) is 100 cm³/mol. The molecule has 0 saturated carbocycles. The lowest BCUT2D eigenvalue weighted by atomic mass is 10.1. The standard InChI is InChI=1S/C16H17N5OS2/c1-2-11-5-3-4-6-13(11)18-15(23)20-19-14(22)9-12-10-21-7-8-24-16(21)17-12/h3-8,10H,2,9H2,1H3,(H,19,22)(H2,18,20,23). The molecular weight excluding hydrogens is 342 g/mol. The number of imidazole rings is 1. The van der Waals surface area contributed by atoms with Crippen LogP contribution < -0.4 is 16.2 Å². The molecule has 1 amide bonds. The highest BCUT2D eigenvalue weighted by Crippen LogP contribution is 2.15. The number of aromatic nitrogens is 2. The van der Waals surface area contributed by atoms with E-state index < -0.39 is 0 Å². The van der Waals surface area contributed by atoms with Crippen LogP contribution in [0.1, 0.15) is 18.2 Å². The van der Waals surface area contributed by atoms with Gasteiger partial charge in [0.15, 0.2) is 10.1 Å². The second-order valence-electron chi connectivity index (χ2n) is 5.14. The van der Waals surface area contributed by atoms with Crippen LogP contribution in [0.15, 0.2) is 42.0 Å². The molecule has 1 aromatic carbocycles. The highest BCUT2D eigenvalue weighted by Gasteiger charge is 2.09. The van der Waals surface area contributed by atoms with Crippen LogP contribution in [0.3, 0.4) is 0 Å². The van der Waals surface area contributed by atoms with Gasteiger partial charge in [-0.1, -0.05) is 25.1 Å². The second kappa shape index (κ2) is 7.41. The Hall–Kier alpha value is -2.45. The molecule has 0 radical (unpaired) electrons. The predicted octanol–water partition coefficient (Wildman–Crippen LogP) is 2.52. The number of hydrogen-bond acceptors (Lipinski definition) is 4. The molecule has 3 aromatic rings. The largest absolute Gasteiger partial charge is 0.331 e. The van der Waals surface area contributed by atoms with Crippen LogP contribution in [0.2, 0.25) is 0 Å². The first-order valence-corrected chi connectivity index (χ1v) is 8.79. The smallest absolute Gasteiger partial charge is 0.244 e. The normalized spacial score (nSPS) is 10.5.